The van der Waals surface area contributed by atoms with Crippen LogP contribution in [0.15, 0.2) is 18.2 Å². The van der Waals surface area contributed by atoms with Crippen LogP contribution >= 0.6 is 0 Å². The molecule has 0 unspecified atom stereocenters. The molecule has 1 aliphatic carbocycles. The lowest BCUT2D eigenvalue weighted by atomic mass is 9.97. The zero-order valence-corrected chi connectivity index (χ0v) is 12.5. The Balaban J connectivity index is 1.44. The Kier molecular flexibility index (Phi) is 4.76. The third kappa shape index (κ3) is 3.97. The molecule has 1 saturated carbocycles. The maximum atomic E-state index is 12.3. The Labute approximate surface area is 126 Å². The maximum Gasteiger partial charge on any atom is 0.251 e. The van der Waals surface area contributed by atoms with Gasteiger partial charge in [-0.3, -0.25) is 4.79 Å². The molecule has 4 heteroatoms. The number of anilines is 1. The predicted molar refractivity (Wildman–Crippen MR) is 83.7 cm³/mol. The lowest BCUT2D eigenvalue weighted by Gasteiger charge is -2.20. The molecule has 2 aliphatic rings. The first-order valence-corrected chi connectivity index (χ1v) is 8.06. The van der Waals surface area contributed by atoms with Crippen molar-refractivity contribution in [1.29, 1.82) is 0 Å². The summed E-state index contributed by atoms with van der Waals surface area (Å²) in [5.41, 5.74) is 3.09. The van der Waals surface area contributed by atoms with Crippen molar-refractivity contribution >= 4 is 11.6 Å². The van der Waals surface area contributed by atoms with Crippen molar-refractivity contribution in [2.45, 2.75) is 32.1 Å². The highest BCUT2D eigenvalue weighted by atomic mass is 16.5. The summed E-state index contributed by atoms with van der Waals surface area (Å²) in [5, 5.41) is 6.36. The Morgan fingerprint density at radius 1 is 1.38 bits per heavy atom. The van der Waals surface area contributed by atoms with E-state index in [1.165, 1.54) is 12.8 Å². The van der Waals surface area contributed by atoms with Crippen molar-refractivity contribution in [2.24, 2.45) is 5.92 Å². The second kappa shape index (κ2) is 6.94. The second-order valence-electron chi connectivity index (χ2n) is 5.99. The van der Waals surface area contributed by atoms with E-state index in [-0.39, 0.29) is 5.91 Å². The van der Waals surface area contributed by atoms with Gasteiger partial charge in [-0.1, -0.05) is 6.07 Å². The first kappa shape index (κ1) is 14.4. The van der Waals surface area contributed by atoms with Gasteiger partial charge in [0.05, 0.1) is 0 Å². The summed E-state index contributed by atoms with van der Waals surface area (Å²) in [7, 11) is 0. The maximum absolute atomic E-state index is 12.3. The van der Waals surface area contributed by atoms with E-state index in [2.05, 4.69) is 16.7 Å². The van der Waals surface area contributed by atoms with Gasteiger partial charge >= 0.3 is 0 Å². The highest BCUT2D eigenvalue weighted by Gasteiger charge is 2.21. The first-order chi connectivity index (χ1) is 10.3. The SMILES string of the molecule is O=C(NCCCOCC1CC1)c1cccc2c1CCCN2. The molecule has 1 aliphatic heterocycles. The van der Waals surface area contributed by atoms with Gasteiger partial charge in [0.25, 0.3) is 5.91 Å². The summed E-state index contributed by atoms with van der Waals surface area (Å²) in [6.45, 7) is 3.31. The molecule has 1 aromatic carbocycles. The van der Waals surface area contributed by atoms with Gasteiger partial charge in [-0.2, -0.15) is 0 Å². The van der Waals surface area contributed by atoms with E-state index in [1.54, 1.807) is 0 Å². The van der Waals surface area contributed by atoms with Gasteiger partial charge in [-0.25, -0.2) is 0 Å². The van der Waals surface area contributed by atoms with Crippen LogP contribution in [0.25, 0.3) is 0 Å². The number of rotatable bonds is 7. The van der Waals surface area contributed by atoms with Gasteiger partial charge in [-0.05, 0) is 55.7 Å². The Hall–Kier alpha value is -1.55. The van der Waals surface area contributed by atoms with Crippen molar-refractivity contribution < 1.29 is 9.53 Å². The molecular formula is C17H24N2O2. The normalized spacial score (nSPS) is 17.0. The third-order valence-electron chi connectivity index (χ3n) is 4.14. The molecule has 1 aromatic rings. The van der Waals surface area contributed by atoms with Crippen molar-refractivity contribution in [1.82, 2.24) is 5.32 Å². The summed E-state index contributed by atoms with van der Waals surface area (Å²) in [4.78, 5) is 12.3. The van der Waals surface area contributed by atoms with E-state index >= 15 is 0 Å². The highest BCUT2D eigenvalue weighted by molar-refractivity contribution is 5.97. The Morgan fingerprint density at radius 2 is 2.29 bits per heavy atom. The fraction of sp³-hybridized carbons (Fsp3) is 0.588. The van der Waals surface area contributed by atoms with Crippen LogP contribution < -0.4 is 10.6 Å². The largest absolute Gasteiger partial charge is 0.385 e. The number of hydrogen-bond donors (Lipinski definition) is 2. The van der Waals surface area contributed by atoms with Crippen LogP contribution in [-0.2, 0) is 11.2 Å². The smallest absolute Gasteiger partial charge is 0.251 e. The zero-order chi connectivity index (χ0) is 14.5. The van der Waals surface area contributed by atoms with Gasteiger partial charge in [0, 0.05) is 37.6 Å². The minimum atomic E-state index is 0.0396. The average Bonchev–Trinajstić information content (AvgIpc) is 3.34. The fourth-order valence-electron chi connectivity index (χ4n) is 2.73. The summed E-state index contributed by atoms with van der Waals surface area (Å²) >= 11 is 0. The monoisotopic (exact) mass is 288 g/mol. The van der Waals surface area contributed by atoms with Crippen molar-refractivity contribution in [3.63, 3.8) is 0 Å². The summed E-state index contributed by atoms with van der Waals surface area (Å²) in [5.74, 6) is 0.848. The molecule has 0 saturated heterocycles. The lowest BCUT2D eigenvalue weighted by Crippen LogP contribution is -2.27. The van der Waals surface area contributed by atoms with Crippen LogP contribution in [0.4, 0.5) is 5.69 Å². The van der Waals surface area contributed by atoms with Crippen molar-refractivity contribution in [2.75, 3.05) is 31.6 Å². The zero-order valence-electron chi connectivity index (χ0n) is 12.5. The van der Waals surface area contributed by atoms with E-state index in [1.807, 2.05) is 12.1 Å². The predicted octanol–water partition coefficient (Wildman–Crippen LogP) is 2.59. The molecule has 2 N–H and O–H groups in total. The van der Waals surface area contributed by atoms with Crippen LogP contribution in [0.3, 0.4) is 0 Å². The molecular weight excluding hydrogens is 264 g/mol. The molecule has 1 heterocycles. The van der Waals surface area contributed by atoms with Gasteiger partial charge in [-0.15, -0.1) is 0 Å². The van der Waals surface area contributed by atoms with Crippen LogP contribution in [0, 0.1) is 5.92 Å². The second-order valence-corrected chi connectivity index (χ2v) is 5.99. The average molecular weight is 288 g/mol. The van der Waals surface area contributed by atoms with Gasteiger partial charge < -0.3 is 15.4 Å². The number of nitrogens with one attached hydrogen (secondary N) is 2. The molecule has 1 amide bonds. The third-order valence-corrected chi connectivity index (χ3v) is 4.14. The molecule has 3 rings (SSSR count). The lowest BCUT2D eigenvalue weighted by molar-refractivity contribution is 0.0936. The van der Waals surface area contributed by atoms with Crippen LogP contribution in [0.1, 0.15) is 41.6 Å². The van der Waals surface area contributed by atoms with Crippen LogP contribution in [0.2, 0.25) is 0 Å². The van der Waals surface area contributed by atoms with Crippen molar-refractivity contribution in [3.8, 4) is 0 Å². The molecule has 0 atom stereocenters. The molecule has 0 radical (unpaired) electrons. The standard InChI is InChI=1S/C17H24N2O2/c20-17(19-10-3-11-21-12-13-7-8-13)15-4-1-6-16-14(15)5-2-9-18-16/h1,4,6,13,18H,2-3,5,7-12H2,(H,19,20). The van der Waals surface area contributed by atoms with Gasteiger partial charge in [0.1, 0.15) is 0 Å². The van der Waals surface area contributed by atoms with E-state index in [4.69, 9.17) is 4.74 Å². The minimum Gasteiger partial charge on any atom is -0.385 e. The fourth-order valence-corrected chi connectivity index (χ4v) is 2.73. The molecule has 0 bridgehead atoms. The topological polar surface area (TPSA) is 50.4 Å². The Morgan fingerprint density at radius 3 is 3.14 bits per heavy atom. The number of carbonyl (C=O) groups is 1. The van der Waals surface area contributed by atoms with E-state index < -0.39 is 0 Å². The summed E-state index contributed by atoms with van der Waals surface area (Å²) < 4.78 is 5.57. The van der Waals surface area contributed by atoms with E-state index in [9.17, 15) is 4.79 Å². The van der Waals surface area contributed by atoms with Crippen LogP contribution in [0.5, 0.6) is 0 Å². The summed E-state index contributed by atoms with van der Waals surface area (Å²) in [6, 6.07) is 5.92. The molecule has 114 valence electrons. The molecule has 4 nitrogen and oxygen atoms in total. The number of amides is 1. The quantitative estimate of drug-likeness (QED) is 0.758. The number of ether oxygens (including phenoxy) is 1. The van der Waals surface area contributed by atoms with Crippen LogP contribution in [-0.4, -0.2) is 32.2 Å². The van der Waals surface area contributed by atoms with Gasteiger partial charge in [0.15, 0.2) is 0 Å². The number of benzene rings is 1. The van der Waals surface area contributed by atoms with E-state index in [0.29, 0.717) is 6.54 Å². The van der Waals surface area contributed by atoms with E-state index in [0.717, 1.165) is 61.8 Å². The number of hydrogen-bond acceptors (Lipinski definition) is 3. The number of carbonyl (C=O) groups excluding carboxylic acids is 1. The summed E-state index contributed by atoms with van der Waals surface area (Å²) in [6.07, 6.45) is 5.60. The Bertz CT molecular complexity index is 498. The highest BCUT2D eigenvalue weighted by Crippen LogP contribution is 2.28. The van der Waals surface area contributed by atoms with Crippen molar-refractivity contribution in [3.05, 3.63) is 29.3 Å². The molecule has 0 aromatic heterocycles. The number of fused-ring (bicyclic) bond motifs is 1. The molecule has 21 heavy (non-hydrogen) atoms. The van der Waals surface area contributed by atoms with Gasteiger partial charge in [0.2, 0.25) is 0 Å². The molecule has 0 spiro atoms. The molecule has 1 fully saturated rings. The minimum absolute atomic E-state index is 0.0396. The first-order valence-electron chi connectivity index (χ1n) is 8.06.